The molecule has 0 fully saturated rings. The van der Waals surface area contributed by atoms with E-state index < -0.39 is 0 Å². The summed E-state index contributed by atoms with van der Waals surface area (Å²) < 4.78 is 0. The Labute approximate surface area is 118 Å². The van der Waals surface area contributed by atoms with Crippen molar-refractivity contribution in [3.63, 3.8) is 0 Å². The van der Waals surface area contributed by atoms with E-state index in [1.807, 2.05) is 0 Å². The maximum atomic E-state index is 3.57. The summed E-state index contributed by atoms with van der Waals surface area (Å²) in [6.45, 7) is 10.2. The Morgan fingerprint density at radius 3 is 2.68 bits per heavy atom. The molecule has 0 saturated heterocycles. The molecule has 0 saturated carbocycles. The zero-order valence-electron chi connectivity index (χ0n) is 12.5. The first-order valence-corrected chi connectivity index (χ1v) is 7.87. The van der Waals surface area contributed by atoms with Gasteiger partial charge in [-0.25, -0.2) is 0 Å². The normalized spacial score (nSPS) is 14.1. The molecule has 0 heterocycles. The Balaban J connectivity index is 1.66. The van der Waals surface area contributed by atoms with Crippen LogP contribution in [0.4, 0.5) is 0 Å². The van der Waals surface area contributed by atoms with Crippen molar-refractivity contribution < 1.29 is 0 Å². The summed E-state index contributed by atoms with van der Waals surface area (Å²) in [6, 6.07) is 7.02. The number of aryl methyl sites for hydroxylation is 2. The number of benzene rings is 1. The minimum atomic E-state index is 1.02. The molecule has 0 atom stereocenters. The molecule has 0 unspecified atom stereocenters. The third-order valence-electron chi connectivity index (χ3n) is 4.21. The van der Waals surface area contributed by atoms with Crippen LogP contribution in [0.5, 0.6) is 0 Å². The molecular formula is C17H28N2. The second-order valence-corrected chi connectivity index (χ2v) is 5.51. The van der Waals surface area contributed by atoms with Crippen molar-refractivity contribution >= 4 is 0 Å². The molecule has 1 aromatic carbocycles. The summed E-state index contributed by atoms with van der Waals surface area (Å²) in [5.41, 5.74) is 4.61. The van der Waals surface area contributed by atoms with E-state index >= 15 is 0 Å². The number of hydrogen-bond acceptors (Lipinski definition) is 2. The average molecular weight is 260 g/mol. The summed E-state index contributed by atoms with van der Waals surface area (Å²) in [7, 11) is 0. The summed E-state index contributed by atoms with van der Waals surface area (Å²) in [4.78, 5) is 2.48. The number of nitrogens with one attached hydrogen (secondary N) is 1. The van der Waals surface area contributed by atoms with Crippen molar-refractivity contribution in [3.05, 3.63) is 34.9 Å². The van der Waals surface area contributed by atoms with Gasteiger partial charge in [0.05, 0.1) is 0 Å². The average Bonchev–Trinajstić information content (AvgIpc) is 2.90. The predicted octanol–water partition coefficient (Wildman–Crippen LogP) is 3.00. The molecule has 0 bridgehead atoms. The van der Waals surface area contributed by atoms with E-state index in [4.69, 9.17) is 0 Å². The lowest BCUT2D eigenvalue weighted by atomic mass is 10.1. The Hall–Kier alpha value is -0.860. The standard InChI is InChI=1S/C17H28N2/c1-3-19(4-2)12-6-11-18-14-15-9-10-16-7-5-8-17(16)13-15/h9-10,13,18H,3-8,11-12,14H2,1-2H3. The molecule has 1 aromatic rings. The molecule has 0 amide bonds. The Morgan fingerprint density at radius 2 is 1.89 bits per heavy atom. The maximum absolute atomic E-state index is 3.57. The van der Waals surface area contributed by atoms with E-state index in [2.05, 4.69) is 42.3 Å². The quantitative estimate of drug-likeness (QED) is 0.723. The van der Waals surface area contributed by atoms with Gasteiger partial charge in [0.15, 0.2) is 0 Å². The van der Waals surface area contributed by atoms with Crippen molar-refractivity contribution in [3.8, 4) is 0 Å². The van der Waals surface area contributed by atoms with Gasteiger partial charge >= 0.3 is 0 Å². The molecular weight excluding hydrogens is 232 g/mol. The minimum Gasteiger partial charge on any atom is -0.313 e. The zero-order chi connectivity index (χ0) is 13.5. The molecule has 2 heteroatoms. The second kappa shape index (κ2) is 7.66. The fraction of sp³-hybridized carbons (Fsp3) is 0.647. The van der Waals surface area contributed by atoms with Crippen LogP contribution in [0.1, 0.15) is 43.4 Å². The van der Waals surface area contributed by atoms with Crippen molar-refractivity contribution in [2.75, 3.05) is 26.2 Å². The molecule has 0 radical (unpaired) electrons. The van der Waals surface area contributed by atoms with E-state index in [1.165, 1.54) is 50.9 Å². The highest BCUT2D eigenvalue weighted by molar-refractivity contribution is 5.35. The first-order chi connectivity index (χ1) is 9.33. The SMILES string of the molecule is CCN(CC)CCCNCc1ccc2c(c1)CCC2. The maximum Gasteiger partial charge on any atom is 0.0205 e. The van der Waals surface area contributed by atoms with Crippen LogP contribution < -0.4 is 5.32 Å². The van der Waals surface area contributed by atoms with E-state index in [0.29, 0.717) is 0 Å². The lowest BCUT2D eigenvalue weighted by Gasteiger charge is -2.17. The molecule has 1 aliphatic carbocycles. The van der Waals surface area contributed by atoms with Crippen LogP contribution in [-0.2, 0) is 19.4 Å². The molecule has 0 spiro atoms. The second-order valence-electron chi connectivity index (χ2n) is 5.51. The highest BCUT2D eigenvalue weighted by atomic mass is 15.1. The van der Waals surface area contributed by atoms with Crippen molar-refractivity contribution in [1.29, 1.82) is 0 Å². The van der Waals surface area contributed by atoms with E-state index in [-0.39, 0.29) is 0 Å². The Bertz CT molecular complexity index is 383. The van der Waals surface area contributed by atoms with Gasteiger partial charge in [0, 0.05) is 6.54 Å². The molecule has 1 aliphatic rings. The highest BCUT2D eigenvalue weighted by Gasteiger charge is 2.10. The van der Waals surface area contributed by atoms with E-state index in [0.717, 1.165) is 13.1 Å². The fourth-order valence-corrected chi connectivity index (χ4v) is 2.94. The van der Waals surface area contributed by atoms with Crippen LogP contribution in [0.3, 0.4) is 0 Å². The fourth-order valence-electron chi connectivity index (χ4n) is 2.94. The first kappa shape index (κ1) is 14.5. The van der Waals surface area contributed by atoms with Crippen LogP contribution in [-0.4, -0.2) is 31.1 Å². The molecule has 2 rings (SSSR count). The Kier molecular flexibility index (Phi) is 5.87. The van der Waals surface area contributed by atoms with Crippen molar-refractivity contribution in [2.24, 2.45) is 0 Å². The third kappa shape index (κ3) is 4.32. The summed E-state index contributed by atoms with van der Waals surface area (Å²) in [6.07, 6.45) is 5.15. The van der Waals surface area contributed by atoms with Crippen molar-refractivity contribution in [1.82, 2.24) is 10.2 Å². The molecule has 19 heavy (non-hydrogen) atoms. The van der Waals surface area contributed by atoms with Gasteiger partial charge in [0.2, 0.25) is 0 Å². The lowest BCUT2D eigenvalue weighted by Crippen LogP contribution is -2.27. The van der Waals surface area contributed by atoms with Gasteiger partial charge in [0.1, 0.15) is 0 Å². The van der Waals surface area contributed by atoms with Gasteiger partial charge in [0.25, 0.3) is 0 Å². The van der Waals surface area contributed by atoms with Gasteiger partial charge < -0.3 is 10.2 Å². The van der Waals surface area contributed by atoms with Crippen LogP contribution in [0, 0.1) is 0 Å². The number of nitrogens with zero attached hydrogens (tertiary/aromatic N) is 1. The summed E-state index contributed by atoms with van der Waals surface area (Å²) >= 11 is 0. The lowest BCUT2D eigenvalue weighted by molar-refractivity contribution is 0.298. The number of hydrogen-bond donors (Lipinski definition) is 1. The van der Waals surface area contributed by atoms with Crippen LogP contribution in [0.25, 0.3) is 0 Å². The topological polar surface area (TPSA) is 15.3 Å². The molecule has 106 valence electrons. The predicted molar refractivity (Wildman–Crippen MR) is 82.6 cm³/mol. The van der Waals surface area contributed by atoms with Gasteiger partial charge in [-0.3, -0.25) is 0 Å². The Morgan fingerprint density at radius 1 is 1.11 bits per heavy atom. The number of fused-ring (bicyclic) bond motifs is 1. The third-order valence-corrected chi connectivity index (χ3v) is 4.21. The molecule has 2 nitrogen and oxygen atoms in total. The van der Waals surface area contributed by atoms with Gasteiger partial charge in [-0.1, -0.05) is 32.0 Å². The molecule has 0 aliphatic heterocycles. The zero-order valence-corrected chi connectivity index (χ0v) is 12.5. The van der Waals surface area contributed by atoms with Crippen LogP contribution >= 0.6 is 0 Å². The van der Waals surface area contributed by atoms with Gasteiger partial charge in [-0.05, 0) is 68.6 Å². The van der Waals surface area contributed by atoms with Gasteiger partial charge in [-0.2, -0.15) is 0 Å². The van der Waals surface area contributed by atoms with Crippen LogP contribution in [0.15, 0.2) is 18.2 Å². The molecule has 1 N–H and O–H groups in total. The van der Waals surface area contributed by atoms with Crippen molar-refractivity contribution in [2.45, 2.75) is 46.1 Å². The van der Waals surface area contributed by atoms with Crippen LogP contribution in [0.2, 0.25) is 0 Å². The molecule has 0 aromatic heterocycles. The summed E-state index contributed by atoms with van der Waals surface area (Å²) in [5, 5.41) is 3.57. The largest absolute Gasteiger partial charge is 0.313 e. The number of rotatable bonds is 8. The van der Waals surface area contributed by atoms with Gasteiger partial charge in [-0.15, -0.1) is 0 Å². The monoisotopic (exact) mass is 260 g/mol. The first-order valence-electron chi connectivity index (χ1n) is 7.87. The van der Waals surface area contributed by atoms with E-state index in [1.54, 1.807) is 11.1 Å². The summed E-state index contributed by atoms with van der Waals surface area (Å²) in [5.74, 6) is 0. The smallest absolute Gasteiger partial charge is 0.0205 e. The minimum absolute atomic E-state index is 1.02. The van der Waals surface area contributed by atoms with E-state index in [9.17, 15) is 0 Å². The highest BCUT2D eigenvalue weighted by Crippen LogP contribution is 2.22.